The molecule has 0 bridgehead atoms. The van der Waals surface area contributed by atoms with Crippen molar-refractivity contribution in [3.63, 3.8) is 0 Å². The van der Waals surface area contributed by atoms with Gasteiger partial charge in [-0.15, -0.1) is 0 Å². The SMILES string of the molecule is CCOc1ccc(-c2nc(N)nc3ccc(OCCN4CCN(C)CC4)cc23)cc1O. The molecule has 1 saturated heterocycles. The Balaban J connectivity index is 1.55. The highest BCUT2D eigenvalue weighted by Crippen LogP contribution is 2.35. The Kier molecular flexibility index (Phi) is 6.39. The van der Waals surface area contributed by atoms with E-state index in [0.717, 1.165) is 54.9 Å². The summed E-state index contributed by atoms with van der Waals surface area (Å²) in [5, 5.41) is 11.1. The van der Waals surface area contributed by atoms with Crippen molar-refractivity contribution in [2.45, 2.75) is 6.92 Å². The normalized spacial score (nSPS) is 15.3. The third-order valence-corrected chi connectivity index (χ3v) is 5.49. The van der Waals surface area contributed by atoms with E-state index in [1.54, 1.807) is 12.1 Å². The van der Waals surface area contributed by atoms with E-state index < -0.39 is 0 Å². The predicted molar refractivity (Wildman–Crippen MR) is 122 cm³/mol. The van der Waals surface area contributed by atoms with Crippen LogP contribution in [0, 0.1) is 0 Å². The second kappa shape index (κ2) is 9.36. The van der Waals surface area contributed by atoms with Gasteiger partial charge in [-0.1, -0.05) is 0 Å². The van der Waals surface area contributed by atoms with Crippen molar-refractivity contribution in [1.29, 1.82) is 0 Å². The van der Waals surface area contributed by atoms with E-state index in [2.05, 4.69) is 26.8 Å². The van der Waals surface area contributed by atoms with Gasteiger partial charge in [0.1, 0.15) is 12.4 Å². The maximum atomic E-state index is 10.3. The molecular formula is C23H29N5O3. The average molecular weight is 424 g/mol. The number of anilines is 1. The lowest BCUT2D eigenvalue weighted by molar-refractivity contribution is 0.134. The Morgan fingerprint density at radius 3 is 2.58 bits per heavy atom. The van der Waals surface area contributed by atoms with Crippen molar-refractivity contribution in [2.24, 2.45) is 0 Å². The number of aromatic hydroxyl groups is 1. The Bertz CT molecular complexity index is 1050. The van der Waals surface area contributed by atoms with Crippen LogP contribution in [-0.2, 0) is 0 Å². The first-order valence-corrected chi connectivity index (χ1v) is 10.6. The molecular weight excluding hydrogens is 394 g/mol. The molecule has 4 rings (SSSR count). The number of phenols is 1. The summed E-state index contributed by atoms with van der Waals surface area (Å²) in [6.07, 6.45) is 0. The van der Waals surface area contributed by atoms with Crippen LogP contribution >= 0.6 is 0 Å². The molecule has 164 valence electrons. The fourth-order valence-corrected chi connectivity index (χ4v) is 3.74. The van der Waals surface area contributed by atoms with Crippen LogP contribution in [0.5, 0.6) is 17.2 Å². The molecule has 1 fully saturated rings. The molecule has 0 saturated carbocycles. The number of piperazine rings is 1. The summed E-state index contributed by atoms with van der Waals surface area (Å²) in [4.78, 5) is 13.5. The van der Waals surface area contributed by atoms with Crippen LogP contribution in [0.15, 0.2) is 36.4 Å². The third-order valence-electron chi connectivity index (χ3n) is 5.49. The number of nitrogens with zero attached hydrogens (tertiary/aromatic N) is 4. The molecule has 2 aromatic carbocycles. The summed E-state index contributed by atoms with van der Waals surface area (Å²) in [6.45, 7) is 8.17. The van der Waals surface area contributed by atoms with Gasteiger partial charge >= 0.3 is 0 Å². The van der Waals surface area contributed by atoms with Crippen molar-refractivity contribution in [3.8, 4) is 28.5 Å². The third kappa shape index (κ3) is 4.98. The van der Waals surface area contributed by atoms with Crippen molar-refractivity contribution < 1.29 is 14.6 Å². The number of nitrogens with two attached hydrogens (primary N) is 1. The molecule has 1 aliphatic rings. The molecule has 3 N–H and O–H groups in total. The second-order valence-electron chi connectivity index (χ2n) is 7.72. The molecule has 0 radical (unpaired) electrons. The molecule has 0 amide bonds. The van der Waals surface area contributed by atoms with Crippen molar-refractivity contribution in [1.82, 2.24) is 19.8 Å². The molecule has 3 aromatic rings. The van der Waals surface area contributed by atoms with Crippen molar-refractivity contribution in [3.05, 3.63) is 36.4 Å². The van der Waals surface area contributed by atoms with E-state index in [0.29, 0.717) is 24.7 Å². The number of phenolic OH excluding ortho intramolecular Hbond substituents is 1. The van der Waals surface area contributed by atoms with E-state index in [1.165, 1.54) is 0 Å². The molecule has 0 unspecified atom stereocenters. The Morgan fingerprint density at radius 1 is 1.03 bits per heavy atom. The van der Waals surface area contributed by atoms with Gasteiger partial charge in [-0.3, -0.25) is 4.90 Å². The van der Waals surface area contributed by atoms with Crippen LogP contribution < -0.4 is 15.2 Å². The van der Waals surface area contributed by atoms with Gasteiger partial charge in [-0.25, -0.2) is 9.97 Å². The number of fused-ring (bicyclic) bond motifs is 1. The molecule has 8 nitrogen and oxygen atoms in total. The highest BCUT2D eigenvalue weighted by molar-refractivity contribution is 5.94. The number of likely N-dealkylation sites (N-methyl/N-ethyl adjacent to an activating group) is 1. The van der Waals surface area contributed by atoms with Gasteiger partial charge in [0, 0.05) is 43.7 Å². The van der Waals surface area contributed by atoms with Gasteiger partial charge in [0.2, 0.25) is 5.95 Å². The van der Waals surface area contributed by atoms with Crippen LogP contribution in [0.3, 0.4) is 0 Å². The predicted octanol–water partition coefficient (Wildman–Crippen LogP) is 2.61. The molecule has 0 spiro atoms. The molecule has 1 aliphatic heterocycles. The van der Waals surface area contributed by atoms with Gasteiger partial charge in [0.05, 0.1) is 17.8 Å². The number of aromatic nitrogens is 2. The first-order valence-electron chi connectivity index (χ1n) is 10.6. The highest BCUT2D eigenvalue weighted by Gasteiger charge is 2.15. The molecule has 0 aliphatic carbocycles. The Hall–Kier alpha value is -3.10. The van der Waals surface area contributed by atoms with E-state index in [1.807, 2.05) is 31.2 Å². The van der Waals surface area contributed by atoms with Gasteiger partial charge in [-0.05, 0) is 50.4 Å². The number of hydrogen-bond acceptors (Lipinski definition) is 8. The van der Waals surface area contributed by atoms with Gasteiger partial charge in [-0.2, -0.15) is 0 Å². The molecule has 8 heteroatoms. The van der Waals surface area contributed by atoms with Crippen LogP contribution in [0.2, 0.25) is 0 Å². The first-order chi connectivity index (χ1) is 15.0. The number of ether oxygens (including phenoxy) is 2. The maximum absolute atomic E-state index is 10.3. The van der Waals surface area contributed by atoms with E-state index >= 15 is 0 Å². The van der Waals surface area contributed by atoms with Crippen molar-refractivity contribution in [2.75, 3.05) is 58.7 Å². The zero-order valence-corrected chi connectivity index (χ0v) is 18.0. The van der Waals surface area contributed by atoms with Crippen LogP contribution in [0.25, 0.3) is 22.2 Å². The fourth-order valence-electron chi connectivity index (χ4n) is 3.74. The number of nitrogen functional groups attached to an aromatic ring is 1. The smallest absolute Gasteiger partial charge is 0.221 e. The molecule has 31 heavy (non-hydrogen) atoms. The average Bonchev–Trinajstić information content (AvgIpc) is 2.76. The van der Waals surface area contributed by atoms with Crippen LogP contribution in [0.1, 0.15) is 6.92 Å². The van der Waals surface area contributed by atoms with Gasteiger partial charge in [0.25, 0.3) is 0 Å². The van der Waals surface area contributed by atoms with E-state index in [4.69, 9.17) is 15.2 Å². The Morgan fingerprint density at radius 2 is 1.84 bits per heavy atom. The minimum absolute atomic E-state index is 0.0595. The summed E-state index contributed by atoms with van der Waals surface area (Å²) < 4.78 is 11.5. The topological polar surface area (TPSA) is 97.0 Å². The number of rotatable bonds is 7. The number of benzene rings is 2. The summed E-state index contributed by atoms with van der Waals surface area (Å²) in [6, 6.07) is 10.9. The Labute approximate surface area is 182 Å². The zero-order valence-electron chi connectivity index (χ0n) is 18.0. The summed E-state index contributed by atoms with van der Waals surface area (Å²) in [5.74, 6) is 1.43. The van der Waals surface area contributed by atoms with E-state index in [-0.39, 0.29) is 11.7 Å². The largest absolute Gasteiger partial charge is 0.504 e. The highest BCUT2D eigenvalue weighted by atomic mass is 16.5. The zero-order chi connectivity index (χ0) is 21.8. The van der Waals surface area contributed by atoms with Gasteiger partial charge in [0.15, 0.2) is 11.5 Å². The minimum atomic E-state index is 0.0595. The molecule has 1 aromatic heterocycles. The van der Waals surface area contributed by atoms with Crippen LogP contribution in [-0.4, -0.2) is 77.9 Å². The lowest BCUT2D eigenvalue weighted by atomic mass is 10.1. The molecule has 2 heterocycles. The monoisotopic (exact) mass is 423 g/mol. The van der Waals surface area contributed by atoms with Gasteiger partial charge < -0.3 is 25.2 Å². The standard InChI is InChI=1S/C23H29N5O3/c1-3-30-21-7-4-16(14-20(21)29)22-18-15-17(5-6-19(18)25-23(24)26-22)31-13-12-28-10-8-27(2)9-11-28/h4-7,14-15,29H,3,8-13H2,1-2H3,(H2,24,25,26). The molecule has 0 atom stereocenters. The quantitative estimate of drug-likeness (QED) is 0.599. The second-order valence-corrected chi connectivity index (χ2v) is 7.72. The minimum Gasteiger partial charge on any atom is -0.504 e. The fraction of sp³-hybridized carbons (Fsp3) is 0.391. The maximum Gasteiger partial charge on any atom is 0.221 e. The lowest BCUT2D eigenvalue weighted by Gasteiger charge is -2.32. The van der Waals surface area contributed by atoms with Crippen LogP contribution in [0.4, 0.5) is 5.95 Å². The first kappa shape index (κ1) is 21.1. The summed E-state index contributed by atoms with van der Waals surface area (Å²) in [5.41, 5.74) is 8.04. The summed E-state index contributed by atoms with van der Waals surface area (Å²) >= 11 is 0. The lowest BCUT2D eigenvalue weighted by Crippen LogP contribution is -2.45. The van der Waals surface area contributed by atoms with E-state index in [9.17, 15) is 5.11 Å². The summed E-state index contributed by atoms with van der Waals surface area (Å²) in [7, 11) is 2.15. The number of hydrogen-bond donors (Lipinski definition) is 2. The van der Waals surface area contributed by atoms with Crippen molar-refractivity contribution >= 4 is 16.9 Å².